The summed E-state index contributed by atoms with van der Waals surface area (Å²) >= 11 is 5.24. The highest BCUT2D eigenvalue weighted by atomic mass is 32.1. The molecule has 0 radical (unpaired) electrons. The molecule has 0 unspecified atom stereocenters. The number of nitrogens with two attached hydrogens (primary N) is 1. The number of pyridine rings is 1. The zero-order valence-corrected chi connectivity index (χ0v) is 14.7. The lowest BCUT2D eigenvalue weighted by atomic mass is 9.75. The molecule has 1 fully saturated rings. The van der Waals surface area contributed by atoms with Crippen LogP contribution in [0.1, 0.15) is 50.4 Å². The molecule has 0 aromatic carbocycles. The van der Waals surface area contributed by atoms with E-state index in [9.17, 15) is 0 Å². The predicted molar refractivity (Wildman–Crippen MR) is 94.0 cm³/mol. The van der Waals surface area contributed by atoms with E-state index in [2.05, 4.69) is 38.7 Å². The summed E-state index contributed by atoms with van der Waals surface area (Å²) in [4.78, 5) is 7.53. The summed E-state index contributed by atoms with van der Waals surface area (Å²) < 4.78 is 0. The standard InChI is InChI=1S/C17H27N3S/c1-11-10-12(2)19-16(14(11)15(18)21)20-8-6-13(7-9-20)17(3,4)5/h10,13H,6-9H2,1-5H3,(H2,18,21). The van der Waals surface area contributed by atoms with Crippen molar-refractivity contribution in [3.05, 3.63) is 22.9 Å². The van der Waals surface area contributed by atoms with E-state index in [0.717, 1.165) is 41.6 Å². The van der Waals surface area contributed by atoms with Crippen LogP contribution in [0.25, 0.3) is 0 Å². The van der Waals surface area contributed by atoms with Gasteiger partial charge in [-0.2, -0.15) is 0 Å². The van der Waals surface area contributed by atoms with Crippen LogP contribution in [0.3, 0.4) is 0 Å². The first-order chi connectivity index (χ1) is 9.70. The molecule has 1 aliphatic heterocycles. The van der Waals surface area contributed by atoms with Crippen LogP contribution < -0.4 is 10.6 Å². The second-order valence-electron chi connectivity index (χ2n) is 7.27. The highest BCUT2D eigenvalue weighted by molar-refractivity contribution is 7.80. The summed E-state index contributed by atoms with van der Waals surface area (Å²) in [6.45, 7) is 13.2. The van der Waals surface area contributed by atoms with Crippen molar-refractivity contribution in [3.8, 4) is 0 Å². The topological polar surface area (TPSA) is 42.1 Å². The minimum Gasteiger partial charge on any atom is -0.389 e. The van der Waals surface area contributed by atoms with Gasteiger partial charge < -0.3 is 10.6 Å². The van der Waals surface area contributed by atoms with E-state index in [4.69, 9.17) is 22.9 Å². The Hall–Kier alpha value is -1.16. The second-order valence-corrected chi connectivity index (χ2v) is 7.71. The molecule has 4 heteroatoms. The van der Waals surface area contributed by atoms with Gasteiger partial charge in [0.25, 0.3) is 0 Å². The molecule has 116 valence electrons. The second kappa shape index (κ2) is 5.91. The lowest BCUT2D eigenvalue weighted by Gasteiger charge is -2.40. The van der Waals surface area contributed by atoms with Crippen LogP contribution in [-0.2, 0) is 0 Å². The van der Waals surface area contributed by atoms with Crippen molar-refractivity contribution in [3.63, 3.8) is 0 Å². The number of rotatable bonds is 2. The van der Waals surface area contributed by atoms with Crippen LogP contribution in [0.4, 0.5) is 5.82 Å². The molecule has 0 spiro atoms. The number of anilines is 1. The van der Waals surface area contributed by atoms with Gasteiger partial charge in [0.2, 0.25) is 0 Å². The molecule has 0 amide bonds. The quantitative estimate of drug-likeness (QED) is 0.848. The molecule has 1 aliphatic rings. The molecule has 1 saturated heterocycles. The number of hydrogen-bond donors (Lipinski definition) is 1. The highest BCUT2D eigenvalue weighted by Crippen LogP contribution is 2.36. The van der Waals surface area contributed by atoms with E-state index in [1.54, 1.807) is 0 Å². The summed E-state index contributed by atoms with van der Waals surface area (Å²) in [6.07, 6.45) is 2.41. The Balaban J connectivity index is 2.26. The molecule has 0 saturated carbocycles. The summed E-state index contributed by atoms with van der Waals surface area (Å²) in [5.41, 5.74) is 9.42. The molecule has 2 heterocycles. The van der Waals surface area contributed by atoms with E-state index in [-0.39, 0.29) is 0 Å². The molecular weight excluding hydrogens is 278 g/mol. The van der Waals surface area contributed by atoms with Crippen LogP contribution in [-0.4, -0.2) is 23.1 Å². The third kappa shape index (κ3) is 3.54. The Morgan fingerprint density at radius 1 is 1.29 bits per heavy atom. The fraction of sp³-hybridized carbons (Fsp3) is 0.647. The monoisotopic (exact) mass is 305 g/mol. The van der Waals surface area contributed by atoms with E-state index >= 15 is 0 Å². The fourth-order valence-corrected chi connectivity index (χ4v) is 3.56. The minimum absolute atomic E-state index is 0.383. The largest absolute Gasteiger partial charge is 0.389 e. The van der Waals surface area contributed by atoms with E-state index in [0.29, 0.717) is 10.4 Å². The Kier molecular flexibility index (Phi) is 4.57. The number of hydrogen-bond acceptors (Lipinski definition) is 3. The van der Waals surface area contributed by atoms with Gasteiger partial charge in [-0.3, -0.25) is 0 Å². The van der Waals surface area contributed by atoms with Gasteiger partial charge in [-0.05, 0) is 49.7 Å². The number of nitrogens with zero attached hydrogens (tertiary/aromatic N) is 2. The van der Waals surface area contributed by atoms with Gasteiger partial charge in [-0.15, -0.1) is 0 Å². The lowest BCUT2D eigenvalue weighted by molar-refractivity contribution is 0.198. The zero-order chi connectivity index (χ0) is 15.8. The average Bonchev–Trinajstić information content (AvgIpc) is 2.36. The Morgan fingerprint density at radius 3 is 2.33 bits per heavy atom. The summed E-state index contributed by atoms with van der Waals surface area (Å²) in [7, 11) is 0. The van der Waals surface area contributed by atoms with Gasteiger partial charge in [-0.25, -0.2) is 4.98 Å². The van der Waals surface area contributed by atoms with Gasteiger partial charge in [0.1, 0.15) is 10.8 Å². The predicted octanol–water partition coefficient (Wildman–Crippen LogP) is 3.60. The molecule has 3 nitrogen and oxygen atoms in total. The van der Waals surface area contributed by atoms with Crippen molar-refractivity contribution in [2.75, 3.05) is 18.0 Å². The highest BCUT2D eigenvalue weighted by Gasteiger charge is 2.30. The molecule has 1 aromatic heterocycles. The fourth-order valence-electron chi connectivity index (χ4n) is 3.31. The van der Waals surface area contributed by atoms with Crippen LogP contribution in [0.5, 0.6) is 0 Å². The molecule has 2 N–H and O–H groups in total. The minimum atomic E-state index is 0.383. The Labute approximate surface area is 133 Å². The zero-order valence-electron chi connectivity index (χ0n) is 13.9. The van der Waals surface area contributed by atoms with Gasteiger partial charge in [-0.1, -0.05) is 33.0 Å². The smallest absolute Gasteiger partial charge is 0.139 e. The molecule has 0 bridgehead atoms. The number of aromatic nitrogens is 1. The van der Waals surface area contributed by atoms with Gasteiger partial charge in [0, 0.05) is 18.8 Å². The summed E-state index contributed by atoms with van der Waals surface area (Å²) in [5.74, 6) is 1.75. The van der Waals surface area contributed by atoms with Crippen molar-refractivity contribution >= 4 is 23.0 Å². The van der Waals surface area contributed by atoms with Crippen molar-refractivity contribution < 1.29 is 0 Å². The van der Waals surface area contributed by atoms with Gasteiger partial charge in [0.05, 0.1) is 5.56 Å². The van der Waals surface area contributed by atoms with E-state index < -0.39 is 0 Å². The van der Waals surface area contributed by atoms with Crippen molar-refractivity contribution in [2.24, 2.45) is 17.1 Å². The molecule has 1 aromatic rings. The Morgan fingerprint density at radius 2 is 1.86 bits per heavy atom. The van der Waals surface area contributed by atoms with Gasteiger partial charge in [0.15, 0.2) is 0 Å². The van der Waals surface area contributed by atoms with Crippen molar-refractivity contribution in [1.82, 2.24) is 4.98 Å². The maximum absolute atomic E-state index is 5.93. The first-order valence-corrected chi connectivity index (χ1v) is 8.14. The third-order valence-corrected chi connectivity index (χ3v) is 4.80. The lowest BCUT2D eigenvalue weighted by Crippen LogP contribution is -2.39. The first-order valence-electron chi connectivity index (χ1n) is 7.73. The first kappa shape index (κ1) is 16.2. The maximum Gasteiger partial charge on any atom is 0.139 e. The summed E-state index contributed by atoms with van der Waals surface area (Å²) in [5, 5.41) is 0. The third-order valence-electron chi connectivity index (χ3n) is 4.59. The van der Waals surface area contributed by atoms with Gasteiger partial charge >= 0.3 is 0 Å². The van der Waals surface area contributed by atoms with Crippen LogP contribution in [0.2, 0.25) is 0 Å². The van der Waals surface area contributed by atoms with Crippen LogP contribution in [0.15, 0.2) is 6.07 Å². The molecular formula is C17H27N3S. The summed E-state index contributed by atoms with van der Waals surface area (Å²) in [6, 6.07) is 2.06. The maximum atomic E-state index is 5.93. The molecule has 2 rings (SSSR count). The van der Waals surface area contributed by atoms with Crippen LogP contribution >= 0.6 is 12.2 Å². The number of aryl methyl sites for hydroxylation is 2. The molecule has 0 aliphatic carbocycles. The van der Waals surface area contributed by atoms with Crippen molar-refractivity contribution in [1.29, 1.82) is 0 Å². The molecule has 21 heavy (non-hydrogen) atoms. The SMILES string of the molecule is Cc1cc(C)c(C(N)=S)c(N2CCC(C(C)(C)C)CC2)n1. The van der Waals surface area contributed by atoms with E-state index in [1.165, 1.54) is 12.8 Å². The normalized spacial score (nSPS) is 17.1. The molecule has 0 atom stereocenters. The van der Waals surface area contributed by atoms with Crippen molar-refractivity contribution in [2.45, 2.75) is 47.5 Å². The van der Waals surface area contributed by atoms with E-state index in [1.807, 2.05) is 6.92 Å². The van der Waals surface area contributed by atoms with Crippen LogP contribution in [0, 0.1) is 25.2 Å². The Bertz CT molecular complexity index is 538. The number of thiocarbonyl (C=S) groups is 1. The average molecular weight is 305 g/mol. The number of piperidine rings is 1.